The van der Waals surface area contributed by atoms with E-state index in [1.54, 1.807) is 6.07 Å². The van der Waals surface area contributed by atoms with Crippen LogP contribution in [0, 0.1) is 6.92 Å². The number of carbonyl (C=O) groups excluding carboxylic acids is 1. The van der Waals surface area contributed by atoms with E-state index >= 15 is 0 Å². The fraction of sp³-hybridized carbons (Fsp3) is 0.192. The summed E-state index contributed by atoms with van der Waals surface area (Å²) in [6.45, 7) is 1.81. The molecule has 1 heterocycles. The van der Waals surface area contributed by atoms with Gasteiger partial charge >= 0.3 is 6.18 Å². The van der Waals surface area contributed by atoms with Gasteiger partial charge in [-0.1, -0.05) is 58.4 Å². The van der Waals surface area contributed by atoms with E-state index in [4.69, 9.17) is 9.15 Å². The normalized spacial score (nSPS) is 11.6. The lowest BCUT2D eigenvalue weighted by Crippen LogP contribution is -2.31. The third-order valence-electron chi connectivity index (χ3n) is 5.54. The van der Waals surface area contributed by atoms with E-state index in [1.807, 2.05) is 55.5 Å². The first-order chi connectivity index (χ1) is 16.2. The van der Waals surface area contributed by atoms with Crippen LogP contribution in [0.1, 0.15) is 33.0 Å². The molecule has 0 unspecified atom stereocenters. The number of methoxy groups -OCH3 is 1. The Labute approximate surface area is 203 Å². The highest BCUT2D eigenvalue weighted by Gasteiger charge is 2.35. The Morgan fingerprint density at radius 1 is 1.03 bits per heavy atom. The number of benzene rings is 3. The Morgan fingerprint density at radius 3 is 2.50 bits per heavy atom. The molecule has 8 heteroatoms. The monoisotopic (exact) mass is 531 g/mol. The number of rotatable bonds is 6. The average molecular weight is 532 g/mol. The Kier molecular flexibility index (Phi) is 6.70. The lowest BCUT2D eigenvalue weighted by Gasteiger charge is -2.25. The number of hydrogen-bond acceptors (Lipinski definition) is 3. The first-order valence-electron chi connectivity index (χ1n) is 10.4. The molecule has 4 rings (SSSR count). The van der Waals surface area contributed by atoms with E-state index in [-0.39, 0.29) is 24.8 Å². The lowest BCUT2D eigenvalue weighted by molar-refractivity contribution is -0.153. The van der Waals surface area contributed by atoms with E-state index in [0.29, 0.717) is 16.9 Å². The number of alkyl halides is 3. The van der Waals surface area contributed by atoms with Crippen molar-refractivity contribution in [1.29, 1.82) is 0 Å². The summed E-state index contributed by atoms with van der Waals surface area (Å²) < 4.78 is 50.5. The van der Waals surface area contributed by atoms with Gasteiger partial charge in [-0.25, -0.2) is 0 Å². The maximum atomic E-state index is 13.9. The van der Waals surface area contributed by atoms with E-state index in [0.717, 1.165) is 26.9 Å². The molecule has 1 aromatic heterocycles. The molecular weight excluding hydrogens is 511 g/mol. The molecule has 34 heavy (non-hydrogen) atoms. The van der Waals surface area contributed by atoms with Gasteiger partial charge in [-0.3, -0.25) is 4.79 Å². The van der Waals surface area contributed by atoms with Crippen LogP contribution in [-0.2, 0) is 19.3 Å². The van der Waals surface area contributed by atoms with Crippen molar-refractivity contribution >= 4 is 32.6 Å². The molecule has 0 radical (unpaired) electrons. The van der Waals surface area contributed by atoms with Gasteiger partial charge in [0, 0.05) is 10.0 Å². The van der Waals surface area contributed by atoms with Crippen LogP contribution in [0.15, 0.2) is 75.6 Å². The highest BCUT2D eigenvalue weighted by atomic mass is 79.9. The van der Waals surface area contributed by atoms with Crippen LogP contribution in [-0.4, -0.2) is 17.9 Å². The van der Waals surface area contributed by atoms with Crippen LogP contribution < -0.4 is 4.74 Å². The Hall–Kier alpha value is -3.26. The van der Waals surface area contributed by atoms with Crippen molar-refractivity contribution in [2.75, 3.05) is 7.11 Å². The zero-order valence-electron chi connectivity index (χ0n) is 18.4. The van der Waals surface area contributed by atoms with Gasteiger partial charge in [0.05, 0.1) is 25.8 Å². The highest BCUT2D eigenvalue weighted by Crippen LogP contribution is 2.32. The second-order valence-corrected chi connectivity index (χ2v) is 8.78. The first-order valence-corrected chi connectivity index (χ1v) is 11.2. The third-order valence-corrected chi connectivity index (χ3v) is 6.03. The highest BCUT2D eigenvalue weighted by molar-refractivity contribution is 9.10. The van der Waals surface area contributed by atoms with Crippen LogP contribution in [0.25, 0.3) is 10.8 Å². The summed E-state index contributed by atoms with van der Waals surface area (Å²) in [7, 11) is 1.52. The van der Waals surface area contributed by atoms with Gasteiger partial charge in [-0.2, -0.15) is 13.2 Å². The second kappa shape index (κ2) is 9.54. The molecule has 176 valence electrons. The van der Waals surface area contributed by atoms with Crippen LogP contribution >= 0.6 is 15.9 Å². The van der Waals surface area contributed by atoms with Crippen LogP contribution in [0.5, 0.6) is 5.75 Å². The van der Waals surface area contributed by atoms with Crippen LogP contribution in [0.4, 0.5) is 13.2 Å². The van der Waals surface area contributed by atoms with Crippen molar-refractivity contribution in [2.24, 2.45) is 0 Å². The summed E-state index contributed by atoms with van der Waals surface area (Å²) in [5.74, 6) is -0.825. The smallest absolute Gasteiger partial charge is 0.449 e. The van der Waals surface area contributed by atoms with Gasteiger partial charge < -0.3 is 14.1 Å². The molecule has 0 aliphatic carbocycles. The van der Waals surface area contributed by atoms with E-state index in [9.17, 15) is 18.0 Å². The summed E-state index contributed by atoms with van der Waals surface area (Å²) in [6.07, 6.45) is -4.60. The lowest BCUT2D eigenvalue weighted by atomic mass is 9.98. The summed E-state index contributed by atoms with van der Waals surface area (Å²) in [6, 6.07) is 18.8. The maximum Gasteiger partial charge on any atom is 0.449 e. The Morgan fingerprint density at radius 2 is 1.79 bits per heavy atom. The molecular formula is C26H21BrF3NO3. The predicted octanol–water partition coefficient (Wildman–Crippen LogP) is 7.37. The molecule has 4 nitrogen and oxygen atoms in total. The van der Waals surface area contributed by atoms with E-state index < -0.39 is 11.9 Å². The Balaban J connectivity index is 1.77. The van der Waals surface area contributed by atoms with Crippen molar-refractivity contribution in [3.8, 4) is 5.75 Å². The number of aryl methyl sites for hydroxylation is 1. The van der Waals surface area contributed by atoms with Crippen molar-refractivity contribution in [3.05, 3.63) is 99.4 Å². The molecule has 4 aromatic rings. The van der Waals surface area contributed by atoms with Gasteiger partial charge in [0.1, 0.15) is 11.5 Å². The third kappa shape index (κ3) is 4.97. The Bertz CT molecular complexity index is 1350. The second-order valence-electron chi connectivity index (χ2n) is 7.86. The van der Waals surface area contributed by atoms with Gasteiger partial charge in [-0.05, 0) is 47.5 Å². The van der Waals surface area contributed by atoms with Crippen LogP contribution in [0.3, 0.4) is 0 Å². The zero-order chi connectivity index (χ0) is 24.5. The SMILES string of the molecule is COc1cc(Br)ccc1CN(Cc1ccc(C(F)(F)F)o1)C(=O)c1c(C)ccc2ccccc12. The largest absolute Gasteiger partial charge is 0.496 e. The number of halogens is 4. The predicted molar refractivity (Wildman–Crippen MR) is 127 cm³/mol. The summed E-state index contributed by atoms with van der Waals surface area (Å²) in [5.41, 5.74) is 1.98. The van der Waals surface area contributed by atoms with Gasteiger partial charge in [-0.15, -0.1) is 0 Å². The van der Waals surface area contributed by atoms with Gasteiger partial charge in [0.25, 0.3) is 5.91 Å². The molecule has 0 aliphatic heterocycles. The molecule has 0 saturated heterocycles. The molecule has 0 bridgehead atoms. The van der Waals surface area contributed by atoms with Gasteiger partial charge in [0.15, 0.2) is 0 Å². The van der Waals surface area contributed by atoms with Crippen molar-refractivity contribution in [1.82, 2.24) is 4.90 Å². The fourth-order valence-electron chi connectivity index (χ4n) is 3.88. The van der Waals surface area contributed by atoms with E-state index in [2.05, 4.69) is 15.9 Å². The molecule has 0 N–H and O–H groups in total. The van der Waals surface area contributed by atoms with Crippen molar-refractivity contribution < 1.29 is 27.1 Å². The van der Waals surface area contributed by atoms with Crippen LogP contribution in [0.2, 0.25) is 0 Å². The molecule has 0 fully saturated rings. The first kappa shape index (κ1) is 23.9. The molecule has 0 atom stereocenters. The number of carbonyl (C=O) groups is 1. The van der Waals surface area contributed by atoms with E-state index in [1.165, 1.54) is 18.1 Å². The summed E-state index contributed by atoms with van der Waals surface area (Å²) >= 11 is 3.40. The molecule has 0 aliphatic rings. The van der Waals surface area contributed by atoms with Crippen molar-refractivity contribution in [2.45, 2.75) is 26.2 Å². The minimum absolute atomic E-state index is 0.0367. The summed E-state index contributed by atoms with van der Waals surface area (Å²) in [4.78, 5) is 15.3. The average Bonchev–Trinajstić information content (AvgIpc) is 3.28. The molecule has 1 amide bonds. The summed E-state index contributed by atoms with van der Waals surface area (Å²) in [5, 5.41) is 1.67. The minimum Gasteiger partial charge on any atom is -0.496 e. The number of hydrogen-bond donors (Lipinski definition) is 0. The standard InChI is InChI=1S/C26H21BrF3NO3/c1-16-7-8-17-5-3-4-6-21(17)24(16)25(32)31(14-18-9-10-19(27)13-22(18)33-2)15-20-11-12-23(34-20)26(28,29)30/h3-13H,14-15H2,1-2H3. The maximum absolute atomic E-state index is 13.9. The molecule has 3 aromatic carbocycles. The van der Waals surface area contributed by atoms with Gasteiger partial charge in [0.2, 0.25) is 5.76 Å². The zero-order valence-corrected chi connectivity index (χ0v) is 20.0. The molecule has 0 spiro atoms. The van der Waals surface area contributed by atoms with Crippen molar-refractivity contribution in [3.63, 3.8) is 0 Å². The number of amides is 1. The number of ether oxygens (including phenoxy) is 1. The quantitative estimate of drug-likeness (QED) is 0.260. The minimum atomic E-state index is -4.60. The fourth-order valence-corrected chi connectivity index (χ4v) is 4.22. The number of furan rings is 1. The number of fused-ring (bicyclic) bond motifs is 1. The topological polar surface area (TPSA) is 42.7 Å². The number of nitrogens with zero attached hydrogens (tertiary/aromatic N) is 1. The molecule has 0 saturated carbocycles.